The van der Waals surface area contributed by atoms with Crippen LogP contribution in [0.2, 0.25) is 0 Å². The Balaban J connectivity index is 3.64. The summed E-state index contributed by atoms with van der Waals surface area (Å²) in [6.45, 7) is 6.62. The van der Waals surface area contributed by atoms with Gasteiger partial charge < -0.3 is 19.7 Å². The van der Waals surface area contributed by atoms with Gasteiger partial charge in [0.05, 0.1) is 6.61 Å². The van der Waals surface area contributed by atoms with Crippen LogP contribution in [0.1, 0.15) is 25.7 Å². The fourth-order valence-electron chi connectivity index (χ4n) is 1.12. The third-order valence-corrected chi connectivity index (χ3v) is 1.99. The van der Waals surface area contributed by atoms with Gasteiger partial charge in [-0.25, -0.2) is 9.59 Å². The van der Waals surface area contributed by atoms with E-state index in [2.05, 4.69) is 17.9 Å². The zero-order valence-corrected chi connectivity index (χ0v) is 10.1. The van der Waals surface area contributed by atoms with Crippen molar-refractivity contribution in [3.05, 3.63) is 25.3 Å². The maximum Gasteiger partial charge on any atom is 0.334 e. The van der Waals surface area contributed by atoms with Gasteiger partial charge in [-0.2, -0.15) is 0 Å². The van der Waals surface area contributed by atoms with Crippen LogP contribution in [0.4, 0.5) is 0 Å². The van der Waals surface area contributed by atoms with Crippen LogP contribution in [0.15, 0.2) is 25.3 Å². The molecule has 0 saturated carbocycles. The van der Waals surface area contributed by atoms with Crippen molar-refractivity contribution in [3.63, 3.8) is 0 Å². The Hall–Kier alpha value is -1.66. The highest BCUT2D eigenvalue weighted by Gasteiger charge is 2.26. The van der Waals surface area contributed by atoms with Crippen LogP contribution in [-0.4, -0.2) is 34.7 Å². The molecule has 0 aliphatic carbocycles. The van der Waals surface area contributed by atoms with Gasteiger partial charge in [-0.1, -0.05) is 13.2 Å². The SMILES string of the molecule is C=CC(=O)OCCCCCC(O)(O)OC(=O)C=C. The average molecular weight is 258 g/mol. The highest BCUT2D eigenvalue weighted by Crippen LogP contribution is 2.14. The fourth-order valence-corrected chi connectivity index (χ4v) is 1.12. The molecule has 2 N–H and O–H groups in total. The lowest BCUT2D eigenvalue weighted by Crippen LogP contribution is -2.33. The second-order valence-corrected chi connectivity index (χ2v) is 3.55. The first-order chi connectivity index (χ1) is 8.41. The summed E-state index contributed by atoms with van der Waals surface area (Å²) in [6.07, 6.45) is 3.37. The highest BCUT2D eigenvalue weighted by atomic mass is 16.8. The van der Waals surface area contributed by atoms with E-state index in [1.165, 1.54) is 0 Å². The normalized spacial score (nSPS) is 10.6. The molecule has 0 spiro atoms. The molecule has 0 aromatic rings. The maximum atomic E-state index is 10.7. The van der Waals surface area contributed by atoms with Crippen LogP contribution in [0.3, 0.4) is 0 Å². The summed E-state index contributed by atoms with van der Waals surface area (Å²) in [5.41, 5.74) is 0. The van der Waals surface area contributed by atoms with E-state index >= 15 is 0 Å². The zero-order chi connectivity index (χ0) is 14.0. The number of hydrogen-bond donors (Lipinski definition) is 2. The molecule has 0 radical (unpaired) electrons. The van der Waals surface area contributed by atoms with Gasteiger partial charge in [0, 0.05) is 18.6 Å². The summed E-state index contributed by atoms with van der Waals surface area (Å²) < 4.78 is 9.03. The monoisotopic (exact) mass is 258 g/mol. The second kappa shape index (κ2) is 8.43. The lowest BCUT2D eigenvalue weighted by atomic mass is 10.2. The summed E-state index contributed by atoms with van der Waals surface area (Å²) in [4.78, 5) is 21.4. The van der Waals surface area contributed by atoms with Gasteiger partial charge in [-0.05, 0) is 19.3 Å². The minimum atomic E-state index is -2.48. The van der Waals surface area contributed by atoms with E-state index in [1.54, 1.807) is 0 Å². The molecule has 0 heterocycles. The van der Waals surface area contributed by atoms with Crippen molar-refractivity contribution in [3.8, 4) is 0 Å². The van der Waals surface area contributed by atoms with Crippen molar-refractivity contribution in [1.29, 1.82) is 0 Å². The first-order valence-corrected chi connectivity index (χ1v) is 5.50. The molecule has 0 saturated heterocycles. The number of esters is 2. The van der Waals surface area contributed by atoms with Crippen molar-refractivity contribution >= 4 is 11.9 Å². The molecule has 0 unspecified atom stereocenters. The first-order valence-electron chi connectivity index (χ1n) is 5.50. The van der Waals surface area contributed by atoms with E-state index in [-0.39, 0.29) is 13.0 Å². The molecule has 18 heavy (non-hydrogen) atoms. The largest absolute Gasteiger partial charge is 0.463 e. The topological polar surface area (TPSA) is 93.1 Å². The van der Waals surface area contributed by atoms with Crippen LogP contribution >= 0.6 is 0 Å². The summed E-state index contributed by atoms with van der Waals surface area (Å²) in [7, 11) is 0. The molecular weight excluding hydrogens is 240 g/mol. The van der Waals surface area contributed by atoms with Gasteiger partial charge in [0.15, 0.2) is 0 Å². The molecule has 102 valence electrons. The van der Waals surface area contributed by atoms with E-state index in [1.807, 2.05) is 0 Å². The molecule has 0 fully saturated rings. The van der Waals surface area contributed by atoms with Crippen LogP contribution in [-0.2, 0) is 19.1 Å². The number of rotatable bonds is 9. The molecule has 0 aromatic carbocycles. The molecule has 0 amide bonds. The van der Waals surface area contributed by atoms with Gasteiger partial charge in [0.25, 0.3) is 0 Å². The van der Waals surface area contributed by atoms with Crippen LogP contribution in [0.5, 0.6) is 0 Å². The van der Waals surface area contributed by atoms with Crippen molar-refractivity contribution in [2.45, 2.75) is 31.7 Å². The zero-order valence-electron chi connectivity index (χ0n) is 10.1. The summed E-state index contributed by atoms with van der Waals surface area (Å²) in [5.74, 6) is -3.88. The number of carbonyl (C=O) groups is 2. The fraction of sp³-hybridized carbons (Fsp3) is 0.500. The van der Waals surface area contributed by atoms with E-state index in [0.717, 1.165) is 12.2 Å². The average Bonchev–Trinajstić information content (AvgIpc) is 2.32. The summed E-state index contributed by atoms with van der Waals surface area (Å²) >= 11 is 0. The molecule has 0 aliphatic rings. The maximum absolute atomic E-state index is 10.7. The van der Waals surface area contributed by atoms with Crippen molar-refractivity contribution < 1.29 is 29.3 Å². The standard InChI is InChI=1S/C12H18O6/c1-3-10(13)17-9-7-5-6-8-12(15,16)18-11(14)4-2/h3-4,15-16H,1-2,5-9H2. The Bertz CT molecular complexity index is 308. The lowest BCUT2D eigenvalue weighted by molar-refractivity contribution is -0.320. The second-order valence-electron chi connectivity index (χ2n) is 3.55. The van der Waals surface area contributed by atoms with E-state index < -0.39 is 17.9 Å². The van der Waals surface area contributed by atoms with Crippen molar-refractivity contribution in [1.82, 2.24) is 0 Å². The molecule has 0 atom stereocenters. The predicted octanol–water partition coefficient (Wildman–Crippen LogP) is 0.644. The molecule has 0 aromatic heterocycles. The van der Waals surface area contributed by atoms with Crippen molar-refractivity contribution in [2.75, 3.05) is 6.61 Å². The van der Waals surface area contributed by atoms with E-state index in [9.17, 15) is 19.8 Å². The van der Waals surface area contributed by atoms with Crippen molar-refractivity contribution in [2.24, 2.45) is 0 Å². The third kappa shape index (κ3) is 8.49. The van der Waals surface area contributed by atoms with E-state index in [4.69, 9.17) is 4.74 Å². The Labute approximate surface area is 106 Å². The Kier molecular flexibility index (Phi) is 7.66. The van der Waals surface area contributed by atoms with Gasteiger partial charge in [0.1, 0.15) is 0 Å². The summed E-state index contributed by atoms with van der Waals surface area (Å²) in [5, 5.41) is 18.5. The minimum absolute atomic E-state index is 0.123. The van der Waals surface area contributed by atoms with Crippen LogP contribution < -0.4 is 0 Å². The Morgan fingerprint density at radius 1 is 1.06 bits per heavy atom. The first kappa shape index (κ1) is 16.3. The Morgan fingerprint density at radius 2 is 1.67 bits per heavy atom. The van der Waals surface area contributed by atoms with Crippen LogP contribution in [0, 0.1) is 0 Å². The number of hydrogen-bond acceptors (Lipinski definition) is 6. The lowest BCUT2D eigenvalue weighted by Gasteiger charge is -2.20. The number of carbonyl (C=O) groups excluding carboxylic acids is 2. The minimum Gasteiger partial charge on any atom is -0.463 e. The third-order valence-electron chi connectivity index (χ3n) is 1.99. The van der Waals surface area contributed by atoms with Crippen LogP contribution in [0.25, 0.3) is 0 Å². The quantitative estimate of drug-likeness (QED) is 0.273. The van der Waals surface area contributed by atoms with Gasteiger partial charge in [0.2, 0.25) is 0 Å². The summed E-state index contributed by atoms with van der Waals surface area (Å²) in [6, 6.07) is 0. The van der Waals surface area contributed by atoms with Gasteiger partial charge in [-0.15, -0.1) is 0 Å². The molecule has 6 heteroatoms. The number of aliphatic hydroxyl groups is 2. The molecule has 6 nitrogen and oxygen atoms in total. The molecule has 0 rings (SSSR count). The number of ether oxygens (including phenoxy) is 2. The smallest absolute Gasteiger partial charge is 0.334 e. The highest BCUT2D eigenvalue weighted by molar-refractivity contribution is 5.81. The van der Waals surface area contributed by atoms with Gasteiger partial charge in [-0.3, -0.25) is 0 Å². The molecular formula is C12H18O6. The Morgan fingerprint density at radius 3 is 2.22 bits per heavy atom. The molecule has 0 aliphatic heterocycles. The predicted molar refractivity (Wildman–Crippen MR) is 63.1 cm³/mol. The van der Waals surface area contributed by atoms with E-state index in [0.29, 0.717) is 19.3 Å². The molecule has 0 bridgehead atoms. The number of unbranched alkanes of at least 4 members (excludes halogenated alkanes) is 2. The van der Waals surface area contributed by atoms with Gasteiger partial charge >= 0.3 is 17.9 Å².